The van der Waals surface area contributed by atoms with Gasteiger partial charge in [0.15, 0.2) is 0 Å². The number of para-hydroxylation sites is 2. The third-order valence-electron chi connectivity index (χ3n) is 11.4. The van der Waals surface area contributed by atoms with Gasteiger partial charge in [0.05, 0.1) is 33.5 Å². The molecule has 11 rings (SSSR count). The first-order chi connectivity index (χ1) is 25.1. The zero-order valence-electron chi connectivity index (χ0n) is 28.6. The second kappa shape index (κ2) is 10.4. The van der Waals surface area contributed by atoms with Crippen molar-refractivity contribution >= 4 is 49.7 Å². The van der Waals surface area contributed by atoms with Gasteiger partial charge in [-0.1, -0.05) is 117 Å². The molecule has 51 heavy (non-hydrogen) atoms. The maximum absolute atomic E-state index is 5.44. The average Bonchev–Trinajstić information content (AvgIpc) is 3.77. The summed E-state index contributed by atoms with van der Waals surface area (Å²) < 4.78 is 4.82. The van der Waals surface area contributed by atoms with Crippen molar-refractivity contribution in [2.45, 2.75) is 32.1 Å². The molecule has 0 radical (unpaired) electrons. The van der Waals surface area contributed by atoms with Gasteiger partial charge in [-0.3, -0.25) is 4.57 Å². The van der Waals surface area contributed by atoms with E-state index in [1.54, 1.807) is 0 Å². The van der Waals surface area contributed by atoms with E-state index in [1.807, 2.05) is 0 Å². The Morgan fingerprint density at radius 1 is 0.608 bits per heavy atom. The minimum atomic E-state index is -0.120. The van der Waals surface area contributed by atoms with E-state index in [-0.39, 0.29) is 5.41 Å². The SMILES string of the molecule is CC1(C)c2ccccc2-c2cc3c(cc21)c1c2c(ccc1n3-c1ccccc1)c1c(n2-c2nc(-c3ccccc3)c3ccccc3n2)C=CCC1. The van der Waals surface area contributed by atoms with Crippen LogP contribution in [0, 0.1) is 0 Å². The highest BCUT2D eigenvalue weighted by Crippen LogP contribution is 2.52. The summed E-state index contributed by atoms with van der Waals surface area (Å²) in [5.41, 5.74) is 15.5. The molecule has 0 saturated heterocycles. The van der Waals surface area contributed by atoms with E-state index in [1.165, 1.54) is 66.2 Å². The van der Waals surface area contributed by atoms with Gasteiger partial charge in [-0.15, -0.1) is 0 Å². The van der Waals surface area contributed by atoms with Crippen LogP contribution in [-0.4, -0.2) is 19.1 Å². The first kappa shape index (κ1) is 28.6. The molecule has 3 aromatic heterocycles. The normalized spacial score (nSPS) is 14.4. The third kappa shape index (κ3) is 3.90. The molecule has 9 aromatic rings. The summed E-state index contributed by atoms with van der Waals surface area (Å²) in [6.45, 7) is 4.74. The Balaban J connectivity index is 1.32. The molecule has 0 saturated carbocycles. The lowest BCUT2D eigenvalue weighted by atomic mass is 9.82. The predicted octanol–water partition coefficient (Wildman–Crippen LogP) is 11.6. The summed E-state index contributed by atoms with van der Waals surface area (Å²) in [5, 5.41) is 4.82. The van der Waals surface area contributed by atoms with E-state index in [0.717, 1.165) is 40.7 Å². The number of allylic oxidation sites excluding steroid dienone is 1. The molecule has 6 aromatic carbocycles. The van der Waals surface area contributed by atoms with E-state index in [0.29, 0.717) is 5.95 Å². The van der Waals surface area contributed by atoms with E-state index < -0.39 is 0 Å². The first-order valence-electron chi connectivity index (χ1n) is 17.9. The fraction of sp³-hybridized carbons (Fsp3) is 0.106. The molecule has 3 heterocycles. The van der Waals surface area contributed by atoms with Gasteiger partial charge in [0.25, 0.3) is 0 Å². The molecule has 0 amide bonds. The summed E-state index contributed by atoms with van der Waals surface area (Å²) in [4.78, 5) is 10.8. The second-order valence-corrected chi connectivity index (χ2v) is 14.5. The quantitative estimate of drug-likeness (QED) is 0.190. The Kier molecular flexibility index (Phi) is 5.81. The summed E-state index contributed by atoms with van der Waals surface area (Å²) in [6, 6.07) is 48.3. The van der Waals surface area contributed by atoms with Crippen molar-refractivity contribution in [1.82, 2.24) is 19.1 Å². The molecule has 0 N–H and O–H groups in total. The van der Waals surface area contributed by atoms with Crippen LogP contribution in [0.3, 0.4) is 0 Å². The smallest absolute Gasteiger partial charge is 0.235 e. The second-order valence-electron chi connectivity index (χ2n) is 14.5. The number of fused-ring (bicyclic) bond motifs is 11. The number of hydrogen-bond donors (Lipinski definition) is 0. The van der Waals surface area contributed by atoms with Crippen molar-refractivity contribution in [3.05, 3.63) is 162 Å². The van der Waals surface area contributed by atoms with Crippen LogP contribution in [0.2, 0.25) is 0 Å². The fourth-order valence-corrected chi connectivity index (χ4v) is 9.06. The van der Waals surface area contributed by atoms with Crippen molar-refractivity contribution in [3.8, 4) is 34.0 Å². The number of benzene rings is 6. The van der Waals surface area contributed by atoms with Crippen LogP contribution in [0.25, 0.3) is 83.7 Å². The average molecular weight is 655 g/mol. The van der Waals surface area contributed by atoms with E-state index >= 15 is 0 Å². The zero-order chi connectivity index (χ0) is 33.8. The highest BCUT2D eigenvalue weighted by Gasteiger charge is 2.36. The minimum absolute atomic E-state index is 0.120. The predicted molar refractivity (Wildman–Crippen MR) is 211 cm³/mol. The van der Waals surface area contributed by atoms with Gasteiger partial charge in [-0.2, -0.15) is 0 Å². The van der Waals surface area contributed by atoms with Gasteiger partial charge in [0.1, 0.15) is 0 Å². The largest absolute Gasteiger partial charge is 0.309 e. The highest BCUT2D eigenvalue weighted by molar-refractivity contribution is 6.22. The Bertz CT molecular complexity index is 2920. The van der Waals surface area contributed by atoms with E-state index in [2.05, 4.69) is 169 Å². The fourth-order valence-electron chi connectivity index (χ4n) is 9.06. The molecule has 0 spiro atoms. The Labute approximate surface area is 296 Å². The van der Waals surface area contributed by atoms with Gasteiger partial charge in [-0.25, -0.2) is 9.97 Å². The van der Waals surface area contributed by atoms with Gasteiger partial charge in [-0.05, 0) is 83.1 Å². The highest BCUT2D eigenvalue weighted by atomic mass is 15.2. The number of nitrogens with zero attached hydrogens (tertiary/aromatic N) is 4. The summed E-state index contributed by atoms with van der Waals surface area (Å²) >= 11 is 0. The van der Waals surface area contributed by atoms with Crippen molar-refractivity contribution < 1.29 is 0 Å². The van der Waals surface area contributed by atoms with Crippen LogP contribution in [0.4, 0.5) is 0 Å². The third-order valence-corrected chi connectivity index (χ3v) is 11.4. The lowest BCUT2D eigenvalue weighted by Gasteiger charge is -2.21. The Hall–Kier alpha value is -6.26. The van der Waals surface area contributed by atoms with Gasteiger partial charge < -0.3 is 4.57 Å². The lowest BCUT2D eigenvalue weighted by Crippen LogP contribution is -2.14. The maximum atomic E-state index is 5.44. The van der Waals surface area contributed by atoms with Crippen molar-refractivity contribution in [3.63, 3.8) is 0 Å². The molecule has 0 fully saturated rings. The van der Waals surface area contributed by atoms with Crippen LogP contribution >= 0.6 is 0 Å². The summed E-state index contributed by atoms with van der Waals surface area (Å²) in [6.07, 6.45) is 6.59. The molecule has 2 aliphatic carbocycles. The Morgan fingerprint density at radius 3 is 2.24 bits per heavy atom. The number of aromatic nitrogens is 4. The molecule has 0 aliphatic heterocycles. The summed E-state index contributed by atoms with van der Waals surface area (Å²) in [7, 11) is 0. The van der Waals surface area contributed by atoms with E-state index in [4.69, 9.17) is 9.97 Å². The van der Waals surface area contributed by atoms with Gasteiger partial charge in [0, 0.05) is 38.2 Å². The summed E-state index contributed by atoms with van der Waals surface area (Å²) in [5.74, 6) is 0.701. The van der Waals surface area contributed by atoms with Crippen LogP contribution in [0.5, 0.6) is 0 Å². The van der Waals surface area contributed by atoms with Gasteiger partial charge >= 0.3 is 0 Å². The molecule has 0 atom stereocenters. The van der Waals surface area contributed by atoms with Crippen LogP contribution < -0.4 is 0 Å². The van der Waals surface area contributed by atoms with Crippen LogP contribution in [0.15, 0.2) is 140 Å². The lowest BCUT2D eigenvalue weighted by molar-refractivity contribution is 0.661. The van der Waals surface area contributed by atoms with Crippen molar-refractivity contribution in [2.75, 3.05) is 0 Å². The number of hydrogen-bond acceptors (Lipinski definition) is 2. The first-order valence-corrected chi connectivity index (χ1v) is 17.9. The minimum Gasteiger partial charge on any atom is -0.309 e. The molecule has 0 bridgehead atoms. The van der Waals surface area contributed by atoms with Crippen molar-refractivity contribution in [2.24, 2.45) is 0 Å². The molecule has 4 heteroatoms. The van der Waals surface area contributed by atoms with Crippen molar-refractivity contribution in [1.29, 1.82) is 0 Å². The molecule has 0 unspecified atom stereocenters. The molecular formula is C47H34N4. The zero-order valence-corrected chi connectivity index (χ0v) is 28.6. The van der Waals surface area contributed by atoms with Gasteiger partial charge in [0.2, 0.25) is 5.95 Å². The topological polar surface area (TPSA) is 35.6 Å². The monoisotopic (exact) mass is 654 g/mol. The van der Waals surface area contributed by atoms with Crippen LogP contribution in [0.1, 0.15) is 42.7 Å². The standard InChI is InChI=1S/C47H34N4/c1-47(2)37-22-12-9-19-31(37)35-28-42-36(27-38(35)47)43-41(50(42)30-17-7-4-8-18-30)26-25-33-32-20-11-14-24-40(32)51(45(33)43)46-48-39-23-13-10-21-34(39)44(49-46)29-15-5-3-6-16-29/h3-10,12-19,21-28H,11,20H2,1-2H3. The molecular weight excluding hydrogens is 621 g/mol. The molecule has 4 nitrogen and oxygen atoms in total. The molecule has 242 valence electrons. The Morgan fingerprint density at radius 2 is 1.37 bits per heavy atom. The number of aryl methyl sites for hydroxylation is 1. The number of rotatable bonds is 3. The molecule has 2 aliphatic rings. The maximum Gasteiger partial charge on any atom is 0.235 e. The van der Waals surface area contributed by atoms with Crippen LogP contribution in [-0.2, 0) is 11.8 Å². The van der Waals surface area contributed by atoms with E-state index in [9.17, 15) is 0 Å².